The Bertz CT molecular complexity index is 386. The SMILES string of the molecule is CCSCCCNC(=O)N[C@H](C)c1ccc(Br)cn1. The van der Waals surface area contributed by atoms with Crippen molar-refractivity contribution >= 4 is 33.7 Å². The maximum absolute atomic E-state index is 11.7. The minimum absolute atomic E-state index is 0.0990. The lowest BCUT2D eigenvalue weighted by molar-refractivity contribution is 0.237. The molecule has 1 aromatic rings. The number of nitrogens with zero attached hydrogens (tertiary/aromatic N) is 1. The van der Waals surface area contributed by atoms with Crippen molar-refractivity contribution in [3.63, 3.8) is 0 Å². The average Bonchev–Trinajstić information content (AvgIpc) is 2.39. The molecule has 1 aromatic heterocycles. The maximum Gasteiger partial charge on any atom is 0.315 e. The lowest BCUT2D eigenvalue weighted by Gasteiger charge is -2.14. The minimum atomic E-state index is -0.140. The summed E-state index contributed by atoms with van der Waals surface area (Å²) in [7, 11) is 0. The number of urea groups is 1. The predicted octanol–water partition coefficient (Wildman–Crippen LogP) is 3.35. The van der Waals surface area contributed by atoms with E-state index in [1.54, 1.807) is 6.20 Å². The van der Waals surface area contributed by atoms with Crippen LogP contribution in [0.4, 0.5) is 4.79 Å². The van der Waals surface area contributed by atoms with E-state index in [0.29, 0.717) is 6.54 Å². The Hall–Kier alpha value is -0.750. The first-order valence-electron chi connectivity index (χ1n) is 6.37. The fourth-order valence-corrected chi connectivity index (χ4v) is 2.36. The summed E-state index contributed by atoms with van der Waals surface area (Å²) in [4.78, 5) is 15.9. The summed E-state index contributed by atoms with van der Waals surface area (Å²) in [6.07, 6.45) is 2.73. The van der Waals surface area contributed by atoms with E-state index >= 15 is 0 Å². The molecule has 6 heteroatoms. The van der Waals surface area contributed by atoms with Gasteiger partial charge in [-0.2, -0.15) is 11.8 Å². The van der Waals surface area contributed by atoms with Crippen molar-refractivity contribution in [2.75, 3.05) is 18.1 Å². The van der Waals surface area contributed by atoms with E-state index in [0.717, 1.165) is 28.1 Å². The van der Waals surface area contributed by atoms with Crippen LogP contribution in [0, 0.1) is 0 Å². The van der Waals surface area contributed by atoms with E-state index in [4.69, 9.17) is 0 Å². The van der Waals surface area contributed by atoms with Gasteiger partial charge in [0.15, 0.2) is 0 Å². The quantitative estimate of drug-likeness (QED) is 0.745. The number of carbonyl (C=O) groups is 1. The molecule has 0 aliphatic carbocycles. The number of thioether (sulfide) groups is 1. The fourth-order valence-electron chi connectivity index (χ4n) is 1.49. The molecule has 0 bridgehead atoms. The summed E-state index contributed by atoms with van der Waals surface area (Å²) < 4.78 is 0.932. The molecule has 0 aliphatic rings. The topological polar surface area (TPSA) is 54.0 Å². The van der Waals surface area contributed by atoms with Crippen molar-refractivity contribution in [1.82, 2.24) is 15.6 Å². The third-order valence-electron chi connectivity index (χ3n) is 2.50. The summed E-state index contributed by atoms with van der Waals surface area (Å²) in [5.41, 5.74) is 0.847. The molecular formula is C13H20BrN3OS. The van der Waals surface area contributed by atoms with Crippen LogP contribution in [0.5, 0.6) is 0 Å². The van der Waals surface area contributed by atoms with Crippen molar-refractivity contribution in [2.45, 2.75) is 26.3 Å². The van der Waals surface area contributed by atoms with Gasteiger partial charge in [-0.3, -0.25) is 4.98 Å². The zero-order valence-corrected chi connectivity index (χ0v) is 13.7. The monoisotopic (exact) mass is 345 g/mol. The highest BCUT2D eigenvalue weighted by molar-refractivity contribution is 9.10. The smallest absolute Gasteiger partial charge is 0.315 e. The van der Waals surface area contributed by atoms with Gasteiger partial charge in [-0.05, 0) is 52.9 Å². The Labute approximate surface area is 127 Å². The summed E-state index contributed by atoms with van der Waals surface area (Å²) in [6.45, 7) is 4.76. The molecule has 1 heterocycles. The van der Waals surface area contributed by atoms with Gasteiger partial charge in [-0.1, -0.05) is 6.92 Å². The normalized spacial score (nSPS) is 11.9. The van der Waals surface area contributed by atoms with Crippen LogP contribution in [-0.4, -0.2) is 29.1 Å². The number of carbonyl (C=O) groups excluding carboxylic acids is 1. The number of hydrogen-bond donors (Lipinski definition) is 2. The van der Waals surface area contributed by atoms with Crippen LogP contribution in [0.25, 0.3) is 0 Å². The lowest BCUT2D eigenvalue weighted by Crippen LogP contribution is -2.37. The Morgan fingerprint density at radius 2 is 2.32 bits per heavy atom. The van der Waals surface area contributed by atoms with Gasteiger partial charge >= 0.3 is 6.03 Å². The minimum Gasteiger partial charge on any atom is -0.338 e. The van der Waals surface area contributed by atoms with Gasteiger partial charge < -0.3 is 10.6 Å². The number of hydrogen-bond acceptors (Lipinski definition) is 3. The Morgan fingerprint density at radius 3 is 2.95 bits per heavy atom. The Balaban J connectivity index is 2.26. The summed E-state index contributed by atoms with van der Waals surface area (Å²) in [5, 5.41) is 5.73. The van der Waals surface area contributed by atoms with E-state index in [-0.39, 0.29) is 12.1 Å². The number of aromatic nitrogens is 1. The van der Waals surface area contributed by atoms with E-state index in [2.05, 4.69) is 38.5 Å². The van der Waals surface area contributed by atoms with Crippen LogP contribution in [0.1, 0.15) is 32.0 Å². The van der Waals surface area contributed by atoms with Gasteiger partial charge in [-0.15, -0.1) is 0 Å². The molecule has 0 aromatic carbocycles. The van der Waals surface area contributed by atoms with E-state index in [9.17, 15) is 4.79 Å². The molecule has 0 unspecified atom stereocenters. The van der Waals surface area contributed by atoms with Crippen LogP contribution in [0.2, 0.25) is 0 Å². The van der Waals surface area contributed by atoms with E-state index in [1.165, 1.54) is 0 Å². The molecule has 0 saturated heterocycles. The number of amides is 2. The van der Waals surface area contributed by atoms with Crippen molar-refractivity contribution < 1.29 is 4.79 Å². The van der Waals surface area contributed by atoms with Crippen molar-refractivity contribution in [2.24, 2.45) is 0 Å². The summed E-state index contributed by atoms with van der Waals surface area (Å²) in [5.74, 6) is 2.21. The maximum atomic E-state index is 11.7. The van der Waals surface area contributed by atoms with Gasteiger partial charge in [0.1, 0.15) is 0 Å². The molecule has 19 heavy (non-hydrogen) atoms. The van der Waals surface area contributed by atoms with Gasteiger partial charge in [-0.25, -0.2) is 4.79 Å². The van der Waals surface area contributed by atoms with Gasteiger partial charge in [0.25, 0.3) is 0 Å². The molecule has 0 saturated carbocycles. The highest BCUT2D eigenvalue weighted by Crippen LogP contribution is 2.12. The Kier molecular flexibility index (Phi) is 7.90. The zero-order valence-electron chi connectivity index (χ0n) is 11.3. The molecule has 0 spiro atoms. The highest BCUT2D eigenvalue weighted by Gasteiger charge is 2.09. The molecule has 2 amide bonds. The molecule has 4 nitrogen and oxygen atoms in total. The number of pyridine rings is 1. The second kappa shape index (κ2) is 9.20. The molecule has 0 fully saturated rings. The largest absolute Gasteiger partial charge is 0.338 e. The van der Waals surface area contributed by atoms with Crippen LogP contribution < -0.4 is 10.6 Å². The standard InChI is InChI=1S/C13H20BrN3OS/c1-3-19-8-4-7-15-13(18)17-10(2)12-6-5-11(14)9-16-12/h5-6,9-10H,3-4,7-8H2,1-2H3,(H2,15,17,18)/t10-/m1/s1. The third-order valence-corrected chi connectivity index (χ3v) is 3.95. The van der Waals surface area contributed by atoms with Crippen LogP contribution in [0.3, 0.4) is 0 Å². The third kappa shape index (κ3) is 6.82. The molecule has 1 atom stereocenters. The Morgan fingerprint density at radius 1 is 1.53 bits per heavy atom. The first kappa shape index (κ1) is 16.3. The number of rotatable bonds is 7. The van der Waals surface area contributed by atoms with Crippen LogP contribution in [0.15, 0.2) is 22.8 Å². The number of halogens is 1. The van der Waals surface area contributed by atoms with E-state index < -0.39 is 0 Å². The summed E-state index contributed by atoms with van der Waals surface area (Å²) in [6, 6.07) is 3.57. The molecule has 106 valence electrons. The van der Waals surface area contributed by atoms with E-state index in [1.807, 2.05) is 30.8 Å². The van der Waals surface area contributed by atoms with Crippen molar-refractivity contribution in [3.8, 4) is 0 Å². The number of nitrogens with one attached hydrogen (secondary N) is 2. The zero-order chi connectivity index (χ0) is 14.1. The first-order valence-corrected chi connectivity index (χ1v) is 8.31. The van der Waals surface area contributed by atoms with Gasteiger partial charge in [0, 0.05) is 17.2 Å². The van der Waals surface area contributed by atoms with Gasteiger partial charge in [0.05, 0.1) is 11.7 Å². The molecular weight excluding hydrogens is 326 g/mol. The molecule has 2 N–H and O–H groups in total. The highest BCUT2D eigenvalue weighted by atomic mass is 79.9. The predicted molar refractivity (Wildman–Crippen MR) is 84.5 cm³/mol. The molecule has 0 radical (unpaired) electrons. The van der Waals surface area contributed by atoms with Crippen LogP contribution in [-0.2, 0) is 0 Å². The van der Waals surface area contributed by atoms with Crippen LogP contribution >= 0.6 is 27.7 Å². The second-order valence-electron chi connectivity index (χ2n) is 4.07. The second-order valence-corrected chi connectivity index (χ2v) is 6.38. The first-order chi connectivity index (χ1) is 9.13. The molecule has 0 aliphatic heterocycles. The van der Waals surface area contributed by atoms with Crippen molar-refractivity contribution in [3.05, 3.63) is 28.5 Å². The average molecular weight is 346 g/mol. The van der Waals surface area contributed by atoms with Gasteiger partial charge in [0.2, 0.25) is 0 Å². The lowest BCUT2D eigenvalue weighted by atomic mass is 10.2. The molecule has 1 rings (SSSR count). The van der Waals surface area contributed by atoms with Crippen molar-refractivity contribution in [1.29, 1.82) is 0 Å². The summed E-state index contributed by atoms with van der Waals surface area (Å²) >= 11 is 5.22. The fraction of sp³-hybridized carbons (Fsp3) is 0.538.